The van der Waals surface area contributed by atoms with Crippen molar-refractivity contribution in [2.24, 2.45) is 0 Å². The number of fused-ring (bicyclic) bond motifs is 2. The van der Waals surface area contributed by atoms with Crippen LogP contribution < -0.4 is 11.1 Å². The molecule has 0 saturated heterocycles. The molecule has 9 nitrogen and oxygen atoms in total. The van der Waals surface area contributed by atoms with Gasteiger partial charge in [0.15, 0.2) is 22.1 Å². The first kappa shape index (κ1) is 25.1. The Balaban J connectivity index is 1.51. The zero-order valence-electron chi connectivity index (χ0n) is 19.5. The number of rotatable bonds is 9. The second kappa shape index (κ2) is 10.3. The van der Waals surface area contributed by atoms with E-state index in [-0.39, 0.29) is 0 Å². The number of halogens is 1. The number of ether oxygens (including phenoxy) is 1. The number of hydrogen-bond donors (Lipinski definition) is 3. The third kappa shape index (κ3) is 5.47. The molecule has 182 valence electrons. The van der Waals surface area contributed by atoms with Crippen molar-refractivity contribution in [2.75, 3.05) is 12.3 Å². The highest BCUT2D eigenvalue weighted by Crippen LogP contribution is 2.37. The molecule has 3 aromatic rings. The molecule has 1 unspecified atom stereocenters. The number of aromatic nitrogens is 4. The first-order valence-corrected chi connectivity index (χ1v) is 13.1. The Morgan fingerprint density at radius 2 is 2.09 bits per heavy atom. The predicted octanol–water partition coefficient (Wildman–Crippen LogP) is 3.29. The van der Waals surface area contributed by atoms with Crippen molar-refractivity contribution in [1.82, 2.24) is 24.8 Å². The summed E-state index contributed by atoms with van der Waals surface area (Å²) < 4.78 is 8.46. The third-order valence-corrected chi connectivity index (χ3v) is 8.14. The van der Waals surface area contributed by atoms with E-state index in [0.29, 0.717) is 36.5 Å². The molecular weight excluding hydrogens is 567 g/mol. The summed E-state index contributed by atoms with van der Waals surface area (Å²) in [6.07, 6.45) is 4.62. The van der Waals surface area contributed by atoms with E-state index in [0.717, 1.165) is 18.0 Å². The Labute approximate surface area is 216 Å². The number of anilines is 1. The zero-order valence-corrected chi connectivity index (χ0v) is 22.4. The summed E-state index contributed by atoms with van der Waals surface area (Å²) in [6.45, 7) is 5.79. The lowest BCUT2D eigenvalue weighted by atomic mass is 10.1. The summed E-state index contributed by atoms with van der Waals surface area (Å²) in [7, 11) is 0. The molecule has 0 aliphatic heterocycles. The number of carbonyl (C=O) groups is 1. The number of benzene rings is 1. The van der Waals surface area contributed by atoms with Crippen LogP contribution in [0.3, 0.4) is 0 Å². The highest BCUT2D eigenvalue weighted by Gasteiger charge is 2.30. The lowest BCUT2D eigenvalue weighted by Gasteiger charge is -2.30. The van der Waals surface area contributed by atoms with Gasteiger partial charge in [0.05, 0.1) is 0 Å². The van der Waals surface area contributed by atoms with Gasteiger partial charge in [-0.15, -0.1) is 0 Å². The first-order chi connectivity index (χ1) is 16.2. The van der Waals surface area contributed by atoms with Crippen LogP contribution in [0.1, 0.15) is 44.7 Å². The molecule has 1 atom stereocenters. The number of esters is 1. The normalized spacial score (nSPS) is 14.4. The van der Waals surface area contributed by atoms with E-state index >= 15 is 0 Å². The van der Waals surface area contributed by atoms with Gasteiger partial charge in [-0.2, -0.15) is 0 Å². The molecule has 4 N–H and O–H groups in total. The minimum Gasteiger partial charge on any atom is -0.456 e. The minimum absolute atomic E-state index is 0.353. The van der Waals surface area contributed by atoms with Crippen LogP contribution in [0, 0.1) is 3.57 Å². The molecular formula is C23H29IN6O3S. The van der Waals surface area contributed by atoms with E-state index in [9.17, 15) is 9.90 Å². The number of aliphatic hydroxyl groups excluding tert-OH is 1. The molecule has 1 aliphatic carbocycles. The van der Waals surface area contributed by atoms with Crippen LogP contribution in [-0.4, -0.2) is 49.0 Å². The molecule has 1 aliphatic rings. The summed E-state index contributed by atoms with van der Waals surface area (Å²) in [5, 5.41) is 14.2. The van der Waals surface area contributed by atoms with Crippen LogP contribution in [0.15, 0.2) is 28.5 Å². The fraction of sp³-hybridized carbons (Fsp3) is 0.478. The van der Waals surface area contributed by atoms with Crippen LogP contribution in [0.2, 0.25) is 0 Å². The largest absolute Gasteiger partial charge is 0.456 e. The molecule has 34 heavy (non-hydrogen) atoms. The van der Waals surface area contributed by atoms with Gasteiger partial charge < -0.3 is 20.1 Å². The van der Waals surface area contributed by atoms with E-state index in [1.165, 1.54) is 39.3 Å². The molecule has 0 fully saturated rings. The van der Waals surface area contributed by atoms with Crippen LogP contribution in [0.25, 0.3) is 11.2 Å². The van der Waals surface area contributed by atoms with Gasteiger partial charge >= 0.3 is 5.97 Å². The second-order valence-corrected chi connectivity index (χ2v) is 11.1. The van der Waals surface area contributed by atoms with Crippen LogP contribution in [-0.2, 0) is 28.9 Å². The Morgan fingerprint density at radius 3 is 2.82 bits per heavy atom. The second-order valence-electron chi connectivity index (χ2n) is 8.89. The van der Waals surface area contributed by atoms with E-state index < -0.39 is 17.8 Å². The van der Waals surface area contributed by atoms with Gasteiger partial charge in [0.2, 0.25) is 0 Å². The topological polar surface area (TPSA) is 128 Å². The predicted molar refractivity (Wildman–Crippen MR) is 140 cm³/mol. The van der Waals surface area contributed by atoms with Crippen molar-refractivity contribution in [3.8, 4) is 0 Å². The van der Waals surface area contributed by atoms with Crippen molar-refractivity contribution < 1.29 is 14.6 Å². The van der Waals surface area contributed by atoms with Crippen molar-refractivity contribution in [3.05, 3.63) is 33.2 Å². The number of imidazole rings is 1. The summed E-state index contributed by atoms with van der Waals surface area (Å²) in [5.41, 5.74) is 9.20. The first-order valence-electron chi connectivity index (χ1n) is 11.2. The van der Waals surface area contributed by atoms with E-state index in [4.69, 9.17) is 15.5 Å². The van der Waals surface area contributed by atoms with Crippen molar-refractivity contribution in [3.63, 3.8) is 0 Å². The average molecular weight is 596 g/mol. The molecule has 0 spiro atoms. The molecule has 0 bridgehead atoms. The number of carbonyl (C=O) groups excluding carboxylic acids is 1. The molecule has 0 amide bonds. The summed E-state index contributed by atoms with van der Waals surface area (Å²) in [6, 6.07) is 4.56. The number of nitrogens with two attached hydrogens (primary N) is 1. The molecule has 11 heteroatoms. The molecule has 4 rings (SSSR count). The summed E-state index contributed by atoms with van der Waals surface area (Å²) in [4.78, 5) is 25.8. The van der Waals surface area contributed by atoms with Gasteiger partial charge in [0.25, 0.3) is 0 Å². The highest BCUT2D eigenvalue weighted by atomic mass is 127. The Hall–Kier alpha value is -1.96. The van der Waals surface area contributed by atoms with Gasteiger partial charge in [0, 0.05) is 21.9 Å². The van der Waals surface area contributed by atoms with E-state index in [1.807, 2.05) is 4.57 Å². The molecule has 0 saturated carbocycles. The Kier molecular flexibility index (Phi) is 7.65. The molecule has 0 radical (unpaired) electrons. The maximum atomic E-state index is 11.3. The number of nitrogens with zero attached hydrogens (tertiary/aromatic N) is 4. The van der Waals surface area contributed by atoms with Gasteiger partial charge in [-0.1, -0.05) is 11.8 Å². The van der Waals surface area contributed by atoms with Gasteiger partial charge in [-0.25, -0.2) is 15.0 Å². The number of aliphatic hydroxyl groups is 1. The lowest BCUT2D eigenvalue weighted by molar-refractivity contribution is -0.167. The standard InChI is InChI=1S/C23H29IN6O3S/c1-13(31)33-23(2,3)21(32)26-8-5-9-30-20-18(19(25)27-12-28-20)29-22(30)34-17-11-15-7-4-6-14(15)10-16(17)24/h10-12,21,26,32H,4-9H2,1-3H3,(H2,25,27,28). The van der Waals surface area contributed by atoms with Crippen LogP contribution >= 0.6 is 34.4 Å². The van der Waals surface area contributed by atoms with Crippen molar-refractivity contribution in [2.45, 2.75) is 74.9 Å². The number of nitrogens with one attached hydrogen (secondary N) is 1. The fourth-order valence-electron chi connectivity index (χ4n) is 4.11. The van der Waals surface area contributed by atoms with Crippen molar-refractivity contribution >= 4 is 57.3 Å². The fourth-order valence-corrected chi connectivity index (χ4v) is 5.95. The summed E-state index contributed by atoms with van der Waals surface area (Å²) in [5.74, 6) is -0.0817. The van der Waals surface area contributed by atoms with Gasteiger partial charge in [-0.3, -0.25) is 10.1 Å². The summed E-state index contributed by atoms with van der Waals surface area (Å²) >= 11 is 4.00. The quantitative estimate of drug-likeness (QED) is 0.148. The number of nitrogen functional groups attached to an aromatic ring is 1. The number of aryl methyl sites for hydroxylation is 3. The van der Waals surface area contributed by atoms with Crippen LogP contribution in [0.5, 0.6) is 0 Å². The maximum Gasteiger partial charge on any atom is 0.303 e. The molecule has 2 heterocycles. The SMILES string of the molecule is CC(=O)OC(C)(C)C(O)NCCCn1c(Sc2cc3c(cc2I)CCC3)nc2c(N)ncnc21. The van der Waals surface area contributed by atoms with Crippen LogP contribution in [0.4, 0.5) is 5.82 Å². The monoisotopic (exact) mass is 596 g/mol. The Bertz CT molecular complexity index is 1220. The maximum absolute atomic E-state index is 11.3. The smallest absolute Gasteiger partial charge is 0.303 e. The van der Waals surface area contributed by atoms with Gasteiger partial charge in [0.1, 0.15) is 18.2 Å². The average Bonchev–Trinajstić information content (AvgIpc) is 3.35. The minimum atomic E-state index is -1.03. The van der Waals surface area contributed by atoms with Crippen molar-refractivity contribution in [1.29, 1.82) is 0 Å². The third-order valence-electron chi connectivity index (χ3n) is 5.83. The zero-order chi connectivity index (χ0) is 24.5. The van der Waals surface area contributed by atoms with Gasteiger partial charge in [-0.05, 0) is 91.9 Å². The number of hydrogen-bond acceptors (Lipinski definition) is 9. The highest BCUT2D eigenvalue weighted by molar-refractivity contribution is 14.1. The lowest BCUT2D eigenvalue weighted by Crippen LogP contribution is -2.49. The Morgan fingerprint density at radius 1 is 1.35 bits per heavy atom. The van der Waals surface area contributed by atoms with E-state index in [2.05, 4.69) is 50.0 Å². The van der Waals surface area contributed by atoms with E-state index in [1.54, 1.807) is 25.6 Å². The molecule has 1 aromatic carbocycles. The molecule has 2 aromatic heterocycles.